The summed E-state index contributed by atoms with van der Waals surface area (Å²) in [6.07, 6.45) is 2.93. The van der Waals surface area contributed by atoms with Gasteiger partial charge in [-0.05, 0) is 32.4 Å². The van der Waals surface area contributed by atoms with Gasteiger partial charge in [0.1, 0.15) is 5.82 Å². The van der Waals surface area contributed by atoms with Gasteiger partial charge < -0.3 is 15.0 Å². The highest BCUT2D eigenvalue weighted by Crippen LogP contribution is 2.28. The third kappa shape index (κ3) is 3.82. The van der Waals surface area contributed by atoms with Crippen molar-refractivity contribution in [3.63, 3.8) is 0 Å². The number of pyridine rings is 1. The summed E-state index contributed by atoms with van der Waals surface area (Å²) in [4.78, 5) is 12.8. The summed E-state index contributed by atoms with van der Waals surface area (Å²) >= 11 is 1.79. The quantitative estimate of drug-likeness (QED) is 0.909. The van der Waals surface area contributed by atoms with Crippen LogP contribution in [-0.4, -0.2) is 36.3 Å². The Morgan fingerprint density at radius 2 is 2.13 bits per heavy atom. The summed E-state index contributed by atoms with van der Waals surface area (Å²) in [6, 6.07) is 4.40. The van der Waals surface area contributed by atoms with Crippen LogP contribution in [0.2, 0.25) is 0 Å². The van der Waals surface area contributed by atoms with E-state index in [1.165, 1.54) is 9.88 Å². The number of morpholine rings is 1. The maximum absolute atomic E-state index is 5.39. The summed E-state index contributed by atoms with van der Waals surface area (Å²) < 4.78 is 5.39. The largest absolute Gasteiger partial charge is 0.378 e. The average Bonchev–Trinajstić information content (AvgIpc) is 2.97. The molecule has 124 valence electrons. The first-order chi connectivity index (χ1) is 11.2. The number of rotatable bonds is 5. The molecule has 0 radical (unpaired) electrons. The van der Waals surface area contributed by atoms with Gasteiger partial charge in [0, 0.05) is 18.0 Å². The van der Waals surface area contributed by atoms with E-state index in [2.05, 4.69) is 53.1 Å². The maximum atomic E-state index is 5.39. The SMILES string of the molecule is CCc1nc(C)c([C@@H](C)Nc2ccc(N3CCOCC3)cn2)s1. The molecule has 1 saturated heterocycles. The van der Waals surface area contributed by atoms with Gasteiger partial charge in [0.2, 0.25) is 0 Å². The Morgan fingerprint density at radius 1 is 1.35 bits per heavy atom. The van der Waals surface area contributed by atoms with Crippen molar-refractivity contribution in [2.45, 2.75) is 33.2 Å². The molecular weight excluding hydrogens is 308 g/mol. The van der Waals surface area contributed by atoms with E-state index in [9.17, 15) is 0 Å². The number of ether oxygens (including phenoxy) is 1. The minimum atomic E-state index is 0.217. The fraction of sp³-hybridized carbons (Fsp3) is 0.529. The molecule has 1 aliphatic rings. The molecule has 3 rings (SSSR count). The van der Waals surface area contributed by atoms with Crippen LogP contribution < -0.4 is 10.2 Å². The zero-order valence-corrected chi connectivity index (χ0v) is 14.8. The van der Waals surface area contributed by atoms with Crippen LogP contribution in [0.3, 0.4) is 0 Å². The third-order valence-corrected chi connectivity index (χ3v) is 5.55. The molecule has 0 spiro atoms. The first-order valence-corrected chi connectivity index (χ1v) is 9.00. The summed E-state index contributed by atoms with van der Waals surface area (Å²) in [5, 5.41) is 4.68. The highest BCUT2D eigenvalue weighted by Gasteiger charge is 2.15. The van der Waals surface area contributed by atoms with Gasteiger partial charge in [-0.25, -0.2) is 9.97 Å². The van der Waals surface area contributed by atoms with Crippen LogP contribution >= 0.6 is 11.3 Å². The predicted octanol–water partition coefficient (Wildman–Crippen LogP) is 3.42. The van der Waals surface area contributed by atoms with Gasteiger partial charge in [0.05, 0.1) is 41.8 Å². The lowest BCUT2D eigenvalue weighted by Gasteiger charge is -2.28. The van der Waals surface area contributed by atoms with E-state index in [-0.39, 0.29) is 6.04 Å². The summed E-state index contributed by atoms with van der Waals surface area (Å²) in [5.74, 6) is 0.903. The monoisotopic (exact) mass is 332 g/mol. The molecule has 0 aliphatic carbocycles. The van der Waals surface area contributed by atoms with Gasteiger partial charge in [0.25, 0.3) is 0 Å². The Morgan fingerprint density at radius 3 is 2.74 bits per heavy atom. The number of anilines is 2. The van der Waals surface area contributed by atoms with E-state index in [0.29, 0.717) is 0 Å². The minimum Gasteiger partial charge on any atom is -0.378 e. The number of aryl methyl sites for hydroxylation is 2. The summed E-state index contributed by atoms with van der Waals surface area (Å²) in [5.41, 5.74) is 2.28. The van der Waals surface area contributed by atoms with E-state index in [1.807, 2.05) is 6.20 Å². The molecule has 0 unspecified atom stereocenters. The van der Waals surface area contributed by atoms with Gasteiger partial charge in [0.15, 0.2) is 0 Å². The number of nitrogens with one attached hydrogen (secondary N) is 1. The van der Waals surface area contributed by atoms with Gasteiger partial charge in [-0.15, -0.1) is 11.3 Å². The van der Waals surface area contributed by atoms with Crippen LogP contribution in [0, 0.1) is 6.92 Å². The molecule has 0 amide bonds. The predicted molar refractivity (Wildman–Crippen MR) is 95.5 cm³/mol. The molecular formula is C17H24N4OS. The molecule has 3 heterocycles. The Labute approximate surface area is 141 Å². The van der Waals surface area contributed by atoms with E-state index >= 15 is 0 Å². The Bertz CT molecular complexity index is 635. The molecule has 2 aromatic heterocycles. The van der Waals surface area contributed by atoms with Crippen LogP contribution in [0.4, 0.5) is 11.5 Å². The van der Waals surface area contributed by atoms with Gasteiger partial charge >= 0.3 is 0 Å². The van der Waals surface area contributed by atoms with Crippen LogP contribution in [0.25, 0.3) is 0 Å². The number of aromatic nitrogens is 2. The number of hydrogen-bond donors (Lipinski definition) is 1. The van der Waals surface area contributed by atoms with E-state index < -0.39 is 0 Å². The van der Waals surface area contributed by atoms with Crippen molar-refractivity contribution < 1.29 is 4.74 Å². The van der Waals surface area contributed by atoms with Crippen LogP contribution in [0.1, 0.15) is 35.5 Å². The minimum absolute atomic E-state index is 0.217. The van der Waals surface area contributed by atoms with Gasteiger partial charge in [-0.3, -0.25) is 0 Å². The lowest BCUT2D eigenvalue weighted by Crippen LogP contribution is -2.36. The van der Waals surface area contributed by atoms with Crippen molar-refractivity contribution in [2.24, 2.45) is 0 Å². The van der Waals surface area contributed by atoms with Crippen LogP contribution in [-0.2, 0) is 11.2 Å². The lowest BCUT2D eigenvalue weighted by molar-refractivity contribution is 0.122. The topological polar surface area (TPSA) is 50.3 Å². The highest BCUT2D eigenvalue weighted by atomic mass is 32.1. The zero-order chi connectivity index (χ0) is 16.2. The molecule has 23 heavy (non-hydrogen) atoms. The van der Waals surface area contributed by atoms with Crippen molar-refractivity contribution >= 4 is 22.8 Å². The lowest BCUT2D eigenvalue weighted by atomic mass is 10.2. The highest BCUT2D eigenvalue weighted by molar-refractivity contribution is 7.11. The molecule has 0 saturated carbocycles. The summed E-state index contributed by atoms with van der Waals surface area (Å²) in [7, 11) is 0. The number of thiazole rings is 1. The molecule has 0 aromatic carbocycles. The normalized spacial score (nSPS) is 16.4. The molecule has 5 nitrogen and oxygen atoms in total. The van der Waals surface area contributed by atoms with Crippen molar-refractivity contribution in [1.29, 1.82) is 0 Å². The van der Waals surface area contributed by atoms with Crippen molar-refractivity contribution in [3.8, 4) is 0 Å². The molecule has 2 aromatic rings. The fourth-order valence-electron chi connectivity index (χ4n) is 2.79. The van der Waals surface area contributed by atoms with Crippen LogP contribution in [0.5, 0.6) is 0 Å². The first kappa shape index (κ1) is 16.2. The molecule has 6 heteroatoms. The van der Waals surface area contributed by atoms with E-state index in [4.69, 9.17) is 4.74 Å². The standard InChI is InChI=1S/C17H24N4OS/c1-4-16-20-13(3)17(23-16)12(2)19-15-6-5-14(11-18-15)21-7-9-22-10-8-21/h5-6,11-12H,4,7-10H2,1-3H3,(H,18,19)/t12-/m1/s1. The van der Waals surface area contributed by atoms with E-state index in [1.54, 1.807) is 11.3 Å². The fourth-order valence-corrected chi connectivity index (χ4v) is 3.80. The second-order valence-corrected chi connectivity index (χ2v) is 6.89. The first-order valence-electron chi connectivity index (χ1n) is 8.19. The number of hydrogen-bond acceptors (Lipinski definition) is 6. The van der Waals surface area contributed by atoms with Gasteiger partial charge in [-0.2, -0.15) is 0 Å². The Balaban J connectivity index is 1.66. The molecule has 1 N–H and O–H groups in total. The Kier molecular flexibility index (Phi) is 5.13. The second-order valence-electron chi connectivity index (χ2n) is 5.78. The zero-order valence-electron chi connectivity index (χ0n) is 14.0. The summed E-state index contributed by atoms with van der Waals surface area (Å²) in [6.45, 7) is 9.85. The molecule has 1 atom stereocenters. The molecule has 1 fully saturated rings. The average molecular weight is 332 g/mol. The second kappa shape index (κ2) is 7.27. The third-order valence-electron chi connectivity index (χ3n) is 4.06. The van der Waals surface area contributed by atoms with Crippen molar-refractivity contribution in [2.75, 3.05) is 36.5 Å². The smallest absolute Gasteiger partial charge is 0.126 e. The van der Waals surface area contributed by atoms with E-state index in [0.717, 1.165) is 49.9 Å². The maximum Gasteiger partial charge on any atom is 0.126 e. The van der Waals surface area contributed by atoms with Crippen LogP contribution in [0.15, 0.2) is 18.3 Å². The van der Waals surface area contributed by atoms with Crippen molar-refractivity contribution in [1.82, 2.24) is 9.97 Å². The number of nitrogens with zero attached hydrogens (tertiary/aromatic N) is 3. The molecule has 0 bridgehead atoms. The Hall–Kier alpha value is -1.66. The van der Waals surface area contributed by atoms with Crippen molar-refractivity contribution in [3.05, 3.63) is 33.9 Å². The van der Waals surface area contributed by atoms with Gasteiger partial charge in [-0.1, -0.05) is 6.92 Å². The molecule has 1 aliphatic heterocycles.